The molecular formula is C11H20O8. The van der Waals surface area contributed by atoms with Gasteiger partial charge in [-0.2, -0.15) is 0 Å². The van der Waals surface area contributed by atoms with E-state index in [4.69, 9.17) is 19.7 Å². The number of rotatable bonds is 5. The van der Waals surface area contributed by atoms with Crippen molar-refractivity contribution in [1.29, 1.82) is 0 Å². The van der Waals surface area contributed by atoms with Gasteiger partial charge < -0.3 is 35.0 Å². The van der Waals surface area contributed by atoms with E-state index in [1.165, 1.54) is 7.11 Å². The highest BCUT2D eigenvalue weighted by Crippen LogP contribution is 2.34. The molecule has 0 saturated carbocycles. The van der Waals surface area contributed by atoms with Crippen LogP contribution in [0.3, 0.4) is 0 Å². The molecule has 1 aliphatic heterocycles. The Morgan fingerprint density at radius 2 is 2.16 bits per heavy atom. The minimum absolute atomic E-state index is 0.497. The van der Waals surface area contributed by atoms with Crippen LogP contribution in [0.2, 0.25) is 0 Å². The molecular weight excluding hydrogens is 260 g/mol. The summed E-state index contributed by atoms with van der Waals surface area (Å²) in [6, 6.07) is 0. The number of carbonyl (C=O) groups is 1. The van der Waals surface area contributed by atoms with E-state index in [1.807, 2.05) is 0 Å². The normalized spacial score (nSPS) is 38.7. The third kappa shape index (κ3) is 3.22. The van der Waals surface area contributed by atoms with Gasteiger partial charge in [0.15, 0.2) is 0 Å². The maximum absolute atomic E-state index is 11.0. The molecule has 0 spiro atoms. The van der Waals surface area contributed by atoms with Crippen molar-refractivity contribution in [2.45, 2.75) is 43.5 Å². The molecule has 8 heteroatoms. The van der Waals surface area contributed by atoms with Crippen molar-refractivity contribution in [2.75, 3.05) is 13.7 Å². The molecule has 19 heavy (non-hydrogen) atoms. The number of hydrogen-bond donors (Lipinski definition) is 5. The fourth-order valence-electron chi connectivity index (χ4n) is 2.12. The Balaban J connectivity index is 2.94. The Hall–Kier alpha value is -0.770. The molecule has 0 aromatic heterocycles. The van der Waals surface area contributed by atoms with Gasteiger partial charge in [-0.25, -0.2) is 4.79 Å². The van der Waals surface area contributed by atoms with Crippen LogP contribution in [0.15, 0.2) is 0 Å². The number of carboxylic acids is 1. The summed E-state index contributed by atoms with van der Waals surface area (Å²) in [7, 11) is 1.26. The molecule has 0 amide bonds. The molecule has 5 N–H and O–H groups in total. The largest absolute Gasteiger partial charge is 0.477 e. The lowest BCUT2D eigenvalue weighted by Gasteiger charge is -2.43. The van der Waals surface area contributed by atoms with Gasteiger partial charge in [-0.15, -0.1) is 0 Å². The number of ether oxygens (including phenoxy) is 2. The van der Waals surface area contributed by atoms with E-state index >= 15 is 0 Å². The van der Waals surface area contributed by atoms with Crippen molar-refractivity contribution >= 4 is 5.97 Å². The fourth-order valence-corrected chi connectivity index (χ4v) is 2.12. The summed E-state index contributed by atoms with van der Waals surface area (Å²) in [5.74, 6) is -4.84. The van der Waals surface area contributed by atoms with Crippen LogP contribution < -0.4 is 0 Å². The fraction of sp³-hybridized carbons (Fsp3) is 0.909. The Morgan fingerprint density at radius 3 is 2.58 bits per heavy atom. The molecule has 0 aromatic carbocycles. The van der Waals surface area contributed by atoms with E-state index in [0.717, 1.165) is 0 Å². The highest BCUT2D eigenvalue weighted by Gasteiger charge is 2.52. The first-order valence-corrected chi connectivity index (χ1v) is 5.90. The SMILES string of the molecule is COC(CO)C(O)C1OC(O)(C(=O)O)CC(O)C1C. The third-order valence-electron chi connectivity index (χ3n) is 3.48. The van der Waals surface area contributed by atoms with Crippen LogP contribution in [-0.2, 0) is 14.3 Å². The highest BCUT2D eigenvalue weighted by molar-refractivity contribution is 5.75. The monoisotopic (exact) mass is 280 g/mol. The average Bonchev–Trinajstić information content (AvgIpc) is 2.35. The first-order valence-electron chi connectivity index (χ1n) is 5.90. The van der Waals surface area contributed by atoms with Crippen molar-refractivity contribution < 1.29 is 39.8 Å². The number of aliphatic carboxylic acids is 1. The second-order valence-electron chi connectivity index (χ2n) is 4.75. The quantitative estimate of drug-likeness (QED) is 0.387. The Kier molecular flexibility index (Phi) is 5.25. The number of aliphatic hydroxyl groups is 4. The summed E-state index contributed by atoms with van der Waals surface area (Å²) in [5, 5.41) is 47.5. The van der Waals surface area contributed by atoms with E-state index in [2.05, 4.69) is 0 Å². The van der Waals surface area contributed by atoms with Crippen molar-refractivity contribution in [1.82, 2.24) is 0 Å². The first-order chi connectivity index (χ1) is 8.76. The molecule has 1 aliphatic rings. The zero-order valence-corrected chi connectivity index (χ0v) is 10.8. The average molecular weight is 280 g/mol. The molecule has 0 radical (unpaired) electrons. The highest BCUT2D eigenvalue weighted by atomic mass is 16.7. The van der Waals surface area contributed by atoms with Gasteiger partial charge in [0, 0.05) is 19.4 Å². The summed E-state index contributed by atoms with van der Waals surface area (Å²) in [5.41, 5.74) is 0. The molecule has 6 unspecified atom stereocenters. The van der Waals surface area contributed by atoms with Gasteiger partial charge in [0.05, 0.1) is 18.8 Å². The van der Waals surface area contributed by atoms with Crippen LogP contribution in [0.1, 0.15) is 13.3 Å². The van der Waals surface area contributed by atoms with Crippen molar-refractivity contribution in [3.63, 3.8) is 0 Å². The van der Waals surface area contributed by atoms with E-state index in [-0.39, 0.29) is 0 Å². The molecule has 1 rings (SSSR count). The summed E-state index contributed by atoms with van der Waals surface area (Å²) < 4.78 is 9.86. The van der Waals surface area contributed by atoms with Gasteiger partial charge in [0.2, 0.25) is 0 Å². The van der Waals surface area contributed by atoms with Gasteiger partial charge in [-0.3, -0.25) is 0 Å². The lowest BCUT2D eigenvalue weighted by atomic mass is 9.85. The van der Waals surface area contributed by atoms with Crippen molar-refractivity contribution in [3.05, 3.63) is 0 Å². The van der Waals surface area contributed by atoms with Crippen molar-refractivity contribution in [3.8, 4) is 0 Å². The molecule has 1 saturated heterocycles. The van der Waals surface area contributed by atoms with Crippen LogP contribution in [0, 0.1) is 5.92 Å². The lowest BCUT2D eigenvalue weighted by molar-refractivity contribution is -0.302. The number of carboxylic acid groups (broad SMARTS) is 1. The van der Waals surface area contributed by atoms with Crippen LogP contribution in [-0.4, -0.2) is 75.4 Å². The standard InChI is InChI=1S/C11H20O8/c1-5-6(13)3-11(17,10(15)16)19-9(5)8(14)7(4-12)18-2/h5-9,12-14,17H,3-4H2,1-2H3,(H,15,16). The smallest absolute Gasteiger partial charge is 0.364 e. The van der Waals surface area contributed by atoms with Gasteiger partial charge >= 0.3 is 5.97 Å². The molecule has 1 heterocycles. The number of methoxy groups -OCH3 is 1. The molecule has 112 valence electrons. The molecule has 1 fully saturated rings. The van der Waals surface area contributed by atoms with Gasteiger partial charge in [0.1, 0.15) is 12.2 Å². The second kappa shape index (κ2) is 6.12. The van der Waals surface area contributed by atoms with E-state index in [0.29, 0.717) is 0 Å². The van der Waals surface area contributed by atoms with Crippen LogP contribution >= 0.6 is 0 Å². The number of aliphatic hydroxyl groups excluding tert-OH is 3. The summed E-state index contributed by atoms with van der Waals surface area (Å²) in [4.78, 5) is 11.0. The zero-order chi connectivity index (χ0) is 14.8. The van der Waals surface area contributed by atoms with Crippen molar-refractivity contribution in [2.24, 2.45) is 5.92 Å². The molecule has 8 nitrogen and oxygen atoms in total. The van der Waals surface area contributed by atoms with E-state index in [9.17, 15) is 20.1 Å². The molecule has 6 atom stereocenters. The summed E-state index contributed by atoms with van der Waals surface area (Å²) in [6.07, 6.45) is -5.22. The molecule has 0 aromatic rings. The maximum atomic E-state index is 11.0. The van der Waals surface area contributed by atoms with Crippen LogP contribution in [0.4, 0.5) is 0 Å². The van der Waals surface area contributed by atoms with Crippen LogP contribution in [0.25, 0.3) is 0 Å². The Morgan fingerprint density at radius 1 is 1.58 bits per heavy atom. The minimum Gasteiger partial charge on any atom is -0.477 e. The predicted octanol–water partition coefficient (Wildman–Crippen LogP) is -2.09. The van der Waals surface area contributed by atoms with Gasteiger partial charge in [-0.1, -0.05) is 6.92 Å². The molecule has 0 aliphatic carbocycles. The summed E-state index contributed by atoms with van der Waals surface area (Å²) >= 11 is 0. The molecule has 0 bridgehead atoms. The van der Waals surface area contributed by atoms with E-state index in [1.54, 1.807) is 6.92 Å². The first kappa shape index (κ1) is 16.3. The third-order valence-corrected chi connectivity index (χ3v) is 3.48. The Bertz CT molecular complexity index is 318. The Labute approximate surface area is 110 Å². The summed E-state index contributed by atoms with van der Waals surface area (Å²) in [6.45, 7) is 1.04. The van der Waals surface area contributed by atoms with Gasteiger partial charge in [-0.05, 0) is 0 Å². The van der Waals surface area contributed by atoms with E-state index < -0.39 is 55.1 Å². The zero-order valence-electron chi connectivity index (χ0n) is 10.8. The second-order valence-corrected chi connectivity index (χ2v) is 4.75. The minimum atomic E-state index is -2.56. The topological polar surface area (TPSA) is 137 Å². The lowest BCUT2D eigenvalue weighted by Crippen LogP contribution is -2.60. The maximum Gasteiger partial charge on any atom is 0.364 e. The predicted molar refractivity (Wildman–Crippen MR) is 61.1 cm³/mol. The number of hydrogen-bond acceptors (Lipinski definition) is 7. The van der Waals surface area contributed by atoms with Crippen LogP contribution in [0.5, 0.6) is 0 Å². The van der Waals surface area contributed by atoms with Gasteiger partial charge in [0.25, 0.3) is 5.79 Å².